The molecule has 1 aliphatic rings. The zero-order valence-electron chi connectivity index (χ0n) is 11.9. The first kappa shape index (κ1) is 13.9. The van der Waals surface area contributed by atoms with Gasteiger partial charge in [-0.3, -0.25) is 4.79 Å². The number of anilines is 1. The SMILES string of the molecule is CC1COc2ccccc2CN1c1cnn(C)c(=O)c1Cl. The van der Waals surface area contributed by atoms with Crippen LogP contribution in [0.25, 0.3) is 0 Å². The van der Waals surface area contributed by atoms with Crippen LogP contribution in [0.4, 0.5) is 5.69 Å². The Morgan fingerprint density at radius 3 is 2.95 bits per heavy atom. The highest BCUT2D eigenvalue weighted by atomic mass is 35.5. The fourth-order valence-electron chi connectivity index (χ4n) is 2.44. The summed E-state index contributed by atoms with van der Waals surface area (Å²) >= 11 is 6.22. The first-order valence-corrected chi connectivity index (χ1v) is 7.15. The molecular weight excluding hydrogens is 290 g/mol. The first-order chi connectivity index (χ1) is 10.1. The van der Waals surface area contributed by atoms with Gasteiger partial charge in [-0.05, 0) is 13.0 Å². The van der Waals surface area contributed by atoms with Crippen molar-refractivity contribution in [1.29, 1.82) is 0 Å². The topological polar surface area (TPSA) is 47.4 Å². The van der Waals surface area contributed by atoms with Gasteiger partial charge in [-0.15, -0.1) is 0 Å². The summed E-state index contributed by atoms with van der Waals surface area (Å²) in [6.07, 6.45) is 1.63. The van der Waals surface area contributed by atoms with Crippen LogP contribution in [0.2, 0.25) is 5.02 Å². The van der Waals surface area contributed by atoms with E-state index in [1.54, 1.807) is 13.2 Å². The number of rotatable bonds is 1. The third-order valence-corrected chi connectivity index (χ3v) is 4.05. The number of halogens is 1. The highest BCUT2D eigenvalue weighted by Gasteiger charge is 2.24. The molecule has 1 aliphatic heterocycles. The van der Waals surface area contributed by atoms with Gasteiger partial charge >= 0.3 is 0 Å². The monoisotopic (exact) mass is 305 g/mol. The molecule has 1 unspecified atom stereocenters. The molecule has 0 radical (unpaired) electrons. The van der Waals surface area contributed by atoms with Gasteiger partial charge in [-0.25, -0.2) is 4.68 Å². The molecule has 0 bridgehead atoms. The van der Waals surface area contributed by atoms with E-state index < -0.39 is 0 Å². The normalized spacial score (nSPS) is 17.9. The van der Waals surface area contributed by atoms with Crippen LogP contribution in [-0.2, 0) is 13.6 Å². The molecule has 0 spiro atoms. The lowest BCUT2D eigenvalue weighted by Crippen LogP contribution is -2.36. The molecule has 5 nitrogen and oxygen atoms in total. The number of nitrogens with zero attached hydrogens (tertiary/aromatic N) is 3. The number of hydrogen-bond donors (Lipinski definition) is 0. The van der Waals surface area contributed by atoms with Crippen molar-refractivity contribution in [3.8, 4) is 5.75 Å². The molecule has 2 heterocycles. The third kappa shape index (κ3) is 2.49. The van der Waals surface area contributed by atoms with E-state index in [1.807, 2.05) is 31.2 Å². The number of fused-ring (bicyclic) bond motifs is 1. The number of benzene rings is 1. The Kier molecular flexibility index (Phi) is 3.59. The van der Waals surface area contributed by atoms with E-state index in [0.717, 1.165) is 11.3 Å². The number of aromatic nitrogens is 2. The Morgan fingerprint density at radius 1 is 1.38 bits per heavy atom. The summed E-state index contributed by atoms with van der Waals surface area (Å²) in [5, 5.41) is 4.27. The second-order valence-corrected chi connectivity index (χ2v) is 5.55. The van der Waals surface area contributed by atoms with Gasteiger partial charge in [-0.2, -0.15) is 5.10 Å². The summed E-state index contributed by atoms with van der Waals surface area (Å²) < 4.78 is 7.05. The highest BCUT2D eigenvalue weighted by Crippen LogP contribution is 2.30. The van der Waals surface area contributed by atoms with Crippen LogP contribution in [-0.4, -0.2) is 22.4 Å². The van der Waals surface area contributed by atoms with E-state index in [-0.39, 0.29) is 16.6 Å². The predicted molar refractivity (Wildman–Crippen MR) is 82.1 cm³/mol. The maximum Gasteiger partial charge on any atom is 0.287 e. The zero-order chi connectivity index (χ0) is 15.0. The van der Waals surface area contributed by atoms with E-state index in [2.05, 4.69) is 10.00 Å². The molecule has 0 N–H and O–H groups in total. The quantitative estimate of drug-likeness (QED) is 0.810. The summed E-state index contributed by atoms with van der Waals surface area (Å²) in [7, 11) is 1.59. The minimum Gasteiger partial charge on any atom is -0.491 e. The molecule has 6 heteroatoms. The molecule has 0 aliphatic carbocycles. The Balaban J connectivity index is 2.05. The first-order valence-electron chi connectivity index (χ1n) is 6.77. The lowest BCUT2D eigenvalue weighted by atomic mass is 10.1. The minimum atomic E-state index is -0.292. The molecule has 0 amide bonds. The summed E-state index contributed by atoms with van der Waals surface area (Å²) in [6, 6.07) is 7.98. The van der Waals surface area contributed by atoms with E-state index in [0.29, 0.717) is 18.8 Å². The van der Waals surface area contributed by atoms with Crippen LogP contribution in [0.3, 0.4) is 0 Å². The maximum absolute atomic E-state index is 12.0. The van der Waals surface area contributed by atoms with Crippen molar-refractivity contribution in [2.75, 3.05) is 11.5 Å². The van der Waals surface area contributed by atoms with Gasteiger partial charge in [0.2, 0.25) is 0 Å². The zero-order valence-corrected chi connectivity index (χ0v) is 12.7. The highest BCUT2D eigenvalue weighted by molar-refractivity contribution is 6.33. The molecule has 0 fully saturated rings. The van der Waals surface area contributed by atoms with Gasteiger partial charge in [0.1, 0.15) is 17.4 Å². The van der Waals surface area contributed by atoms with Crippen LogP contribution in [0.15, 0.2) is 35.3 Å². The second-order valence-electron chi connectivity index (χ2n) is 5.17. The van der Waals surface area contributed by atoms with E-state index in [1.165, 1.54) is 4.68 Å². The van der Waals surface area contributed by atoms with Crippen molar-refractivity contribution in [1.82, 2.24) is 9.78 Å². The lowest BCUT2D eigenvalue weighted by Gasteiger charge is -2.28. The third-order valence-electron chi connectivity index (χ3n) is 3.69. The number of para-hydroxylation sites is 1. The minimum absolute atomic E-state index is 0.0869. The Hall–Kier alpha value is -2.01. The van der Waals surface area contributed by atoms with Crippen LogP contribution in [0.5, 0.6) is 5.75 Å². The van der Waals surface area contributed by atoms with E-state index in [4.69, 9.17) is 16.3 Å². The van der Waals surface area contributed by atoms with Crippen molar-refractivity contribution in [3.63, 3.8) is 0 Å². The van der Waals surface area contributed by atoms with E-state index in [9.17, 15) is 4.79 Å². The fourth-order valence-corrected chi connectivity index (χ4v) is 2.72. The molecule has 1 atom stereocenters. The molecule has 21 heavy (non-hydrogen) atoms. The van der Waals surface area contributed by atoms with Crippen molar-refractivity contribution in [2.45, 2.75) is 19.5 Å². The van der Waals surface area contributed by atoms with Crippen LogP contribution in [0.1, 0.15) is 12.5 Å². The van der Waals surface area contributed by atoms with Gasteiger partial charge in [0, 0.05) is 19.2 Å². The van der Waals surface area contributed by atoms with Crippen LogP contribution in [0, 0.1) is 0 Å². The average Bonchev–Trinajstić information content (AvgIpc) is 2.65. The van der Waals surface area contributed by atoms with Crippen molar-refractivity contribution < 1.29 is 4.74 Å². The number of hydrogen-bond acceptors (Lipinski definition) is 4. The maximum atomic E-state index is 12.0. The van der Waals surface area contributed by atoms with Gasteiger partial charge in [-0.1, -0.05) is 29.8 Å². The largest absolute Gasteiger partial charge is 0.491 e. The lowest BCUT2D eigenvalue weighted by molar-refractivity contribution is 0.299. The van der Waals surface area contributed by atoms with Crippen molar-refractivity contribution in [3.05, 3.63) is 51.4 Å². The Labute approximate surface area is 127 Å². The summed E-state index contributed by atoms with van der Waals surface area (Å²) in [6.45, 7) is 3.20. The molecular formula is C15H16ClN3O2. The van der Waals surface area contributed by atoms with E-state index >= 15 is 0 Å². The van der Waals surface area contributed by atoms with Gasteiger partial charge in [0.25, 0.3) is 5.56 Å². The second kappa shape index (κ2) is 5.41. The smallest absolute Gasteiger partial charge is 0.287 e. The standard InChI is InChI=1S/C15H16ClN3O2/c1-10-9-21-13-6-4-3-5-11(13)8-19(10)12-7-17-18(2)15(20)14(12)16/h3-7,10H,8-9H2,1-2H3. The summed E-state index contributed by atoms with van der Waals surface area (Å²) in [5.41, 5.74) is 1.42. The number of ether oxygens (including phenoxy) is 1. The fraction of sp³-hybridized carbons (Fsp3) is 0.333. The molecule has 110 valence electrons. The van der Waals surface area contributed by atoms with Crippen molar-refractivity contribution in [2.24, 2.45) is 7.05 Å². The molecule has 2 aromatic rings. The Morgan fingerprint density at radius 2 is 2.14 bits per heavy atom. The van der Waals surface area contributed by atoms with Gasteiger partial charge in [0.05, 0.1) is 17.9 Å². The molecule has 1 aromatic carbocycles. The molecule has 0 saturated heterocycles. The molecule has 1 aromatic heterocycles. The van der Waals surface area contributed by atoms with Gasteiger partial charge < -0.3 is 9.64 Å². The summed E-state index contributed by atoms with van der Waals surface area (Å²) in [5.74, 6) is 0.875. The average molecular weight is 306 g/mol. The van der Waals surface area contributed by atoms with Crippen LogP contribution < -0.4 is 15.2 Å². The Bertz CT molecular complexity index is 729. The van der Waals surface area contributed by atoms with Gasteiger partial charge in [0.15, 0.2) is 0 Å². The number of aryl methyl sites for hydroxylation is 1. The summed E-state index contributed by atoms with van der Waals surface area (Å²) in [4.78, 5) is 14.0. The van der Waals surface area contributed by atoms with Crippen molar-refractivity contribution >= 4 is 17.3 Å². The van der Waals surface area contributed by atoms with Crippen LogP contribution >= 0.6 is 11.6 Å². The molecule has 3 rings (SSSR count). The molecule has 0 saturated carbocycles. The predicted octanol–water partition coefficient (Wildman–Crippen LogP) is 2.22.